The fourth-order valence-corrected chi connectivity index (χ4v) is 2.79. The summed E-state index contributed by atoms with van der Waals surface area (Å²) in [5, 5.41) is 15.5. The highest BCUT2D eigenvalue weighted by molar-refractivity contribution is 5.79. The zero-order chi connectivity index (χ0) is 16.0. The molecule has 1 rings (SSSR count). The van der Waals surface area contributed by atoms with Gasteiger partial charge in [0.25, 0.3) is 0 Å². The molecule has 1 amide bonds. The summed E-state index contributed by atoms with van der Waals surface area (Å²) >= 11 is 0. The van der Waals surface area contributed by atoms with Gasteiger partial charge in [0, 0.05) is 12.1 Å². The summed E-state index contributed by atoms with van der Waals surface area (Å²) in [5.74, 6) is 0.0220. The molecule has 1 atom stereocenters. The van der Waals surface area contributed by atoms with Crippen LogP contribution in [-0.4, -0.2) is 49.1 Å². The summed E-state index contributed by atoms with van der Waals surface area (Å²) in [7, 11) is 4.01. The Morgan fingerprint density at radius 3 is 2.38 bits per heavy atom. The van der Waals surface area contributed by atoms with Gasteiger partial charge in [0.15, 0.2) is 0 Å². The van der Waals surface area contributed by atoms with Gasteiger partial charge in [-0.2, -0.15) is 5.26 Å². The molecule has 0 spiro atoms. The zero-order valence-electron chi connectivity index (χ0n) is 14.1. The normalized spacial score (nSPS) is 25.4. The second kappa shape index (κ2) is 7.77. The first kappa shape index (κ1) is 17.9. The van der Waals surface area contributed by atoms with E-state index in [2.05, 4.69) is 21.6 Å². The third-order valence-electron chi connectivity index (χ3n) is 4.91. The van der Waals surface area contributed by atoms with Crippen molar-refractivity contribution in [2.45, 2.75) is 64.1 Å². The number of hydrogen-bond acceptors (Lipinski definition) is 4. The van der Waals surface area contributed by atoms with Crippen LogP contribution in [0.3, 0.4) is 0 Å². The Kier molecular flexibility index (Phi) is 6.63. The molecule has 0 radical (unpaired) electrons. The van der Waals surface area contributed by atoms with Crippen LogP contribution in [-0.2, 0) is 4.79 Å². The lowest BCUT2D eigenvalue weighted by Gasteiger charge is -2.35. The molecule has 0 heterocycles. The van der Waals surface area contributed by atoms with E-state index in [0.29, 0.717) is 18.6 Å². The Morgan fingerprint density at radius 1 is 1.38 bits per heavy atom. The third-order valence-corrected chi connectivity index (χ3v) is 4.91. The first-order chi connectivity index (χ1) is 9.82. The average molecular weight is 294 g/mol. The van der Waals surface area contributed by atoms with Crippen LogP contribution in [0, 0.1) is 17.2 Å². The van der Waals surface area contributed by atoms with Gasteiger partial charge in [-0.1, -0.05) is 13.8 Å². The molecule has 0 aromatic heterocycles. The van der Waals surface area contributed by atoms with Gasteiger partial charge in [-0.25, -0.2) is 0 Å². The lowest BCUT2D eigenvalue weighted by molar-refractivity contribution is -0.124. The van der Waals surface area contributed by atoms with E-state index in [-0.39, 0.29) is 11.8 Å². The number of nitrogens with one attached hydrogen (secondary N) is 2. The molecule has 1 unspecified atom stereocenters. The predicted molar refractivity (Wildman–Crippen MR) is 84.7 cm³/mol. The van der Waals surface area contributed by atoms with Crippen LogP contribution < -0.4 is 10.6 Å². The van der Waals surface area contributed by atoms with Gasteiger partial charge in [0.1, 0.15) is 5.54 Å². The zero-order valence-corrected chi connectivity index (χ0v) is 14.1. The minimum Gasteiger partial charge on any atom is -0.337 e. The van der Waals surface area contributed by atoms with Gasteiger partial charge >= 0.3 is 0 Å². The summed E-state index contributed by atoms with van der Waals surface area (Å²) in [6.45, 7) is 6.05. The lowest BCUT2D eigenvalue weighted by atomic mass is 9.89. The van der Waals surface area contributed by atoms with Crippen molar-refractivity contribution in [2.75, 3.05) is 20.6 Å². The van der Waals surface area contributed by atoms with Crippen LogP contribution in [0.2, 0.25) is 0 Å². The van der Waals surface area contributed by atoms with E-state index in [9.17, 15) is 10.1 Å². The molecule has 0 aromatic carbocycles. The molecule has 5 nitrogen and oxygen atoms in total. The molecule has 1 fully saturated rings. The number of amides is 1. The number of rotatable bonds is 6. The Labute approximate surface area is 129 Å². The molecular weight excluding hydrogens is 264 g/mol. The van der Waals surface area contributed by atoms with Gasteiger partial charge in [-0.15, -0.1) is 0 Å². The van der Waals surface area contributed by atoms with Crippen LogP contribution >= 0.6 is 0 Å². The lowest BCUT2D eigenvalue weighted by Crippen LogP contribution is -2.52. The van der Waals surface area contributed by atoms with Gasteiger partial charge in [0.05, 0.1) is 12.6 Å². The molecular formula is C16H30N4O. The summed E-state index contributed by atoms with van der Waals surface area (Å²) in [6.07, 6.45) is 4.56. The van der Waals surface area contributed by atoms with Crippen LogP contribution in [0.4, 0.5) is 0 Å². The Bertz CT molecular complexity index is 382. The maximum absolute atomic E-state index is 12.2. The Balaban J connectivity index is 2.46. The van der Waals surface area contributed by atoms with Gasteiger partial charge < -0.3 is 10.6 Å². The van der Waals surface area contributed by atoms with Crippen molar-refractivity contribution in [1.82, 2.24) is 15.5 Å². The molecule has 0 bridgehead atoms. The molecule has 21 heavy (non-hydrogen) atoms. The van der Waals surface area contributed by atoms with Crippen molar-refractivity contribution in [1.29, 1.82) is 5.26 Å². The van der Waals surface area contributed by atoms with E-state index < -0.39 is 5.54 Å². The van der Waals surface area contributed by atoms with Gasteiger partial charge in [-0.05, 0) is 52.6 Å². The number of carbonyl (C=O) groups excluding carboxylic acids is 1. The molecule has 120 valence electrons. The van der Waals surface area contributed by atoms with Crippen LogP contribution in [0.15, 0.2) is 0 Å². The number of nitriles is 1. The molecule has 5 heteroatoms. The quantitative estimate of drug-likeness (QED) is 0.779. The van der Waals surface area contributed by atoms with Crippen molar-refractivity contribution in [3.63, 3.8) is 0 Å². The highest BCUT2D eigenvalue weighted by Crippen LogP contribution is 2.22. The van der Waals surface area contributed by atoms with Gasteiger partial charge in [0.2, 0.25) is 5.91 Å². The second-order valence-electron chi connectivity index (χ2n) is 6.73. The molecule has 1 aliphatic rings. The molecule has 0 saturated heterocycles. The SMILES string of the molecule is CNC1CCC(N(C)CC(=O)NC(C)(C#N)C(C)C)CC1. The van der Waals surface area contributed by atoms with Crippen molar-refractivity contribution >= 4 is 5.91 Å². The number of likely N-dealkylation sites (N-methyl/N-ethyl adjacent to an activating group) is 1. The first-order valence-electron chi connectivity index (χ1n) is 7.92. The van der Waals surface area contributed by atoms with Crippen LogP contribution in [0.25, 0.3) is 0 Å². The molecule has 0 aliphatic heterocycles. The highest BCUT2D eigenvalue weighted by Gasteiger charge is 2.31. The van der Waals surface area contributed by atoms with E-state index in [1.54, 1.807) is 6.92 Å². The third kappa shape index (κ3) is 4.98. The van der Waals surface area contributed by atoms with Crippen molar-refractivity contribution in [3.05, 3.63) is 0 Å². The number of hydrogen-bond donors (Lipinski definition) is 2. The average Bonchev–Trinajstić information content (AvgIpc) is 2.46. The summed E-state index contributed by atoms with van der Waals surface area (Å²) in [4.78, 5) is 14.3. The van der Waals surface area contributed by atoms with Crippen molar-refractivity contribution in [3.8, 4) is 6.07 Å². The Morgan fingerprint density at radius 2 is 1.95 bits per heavy atom. The largest absolute Gasteiger partial charge is 0.337 e. The van der Waals surface area contributed by atoms with Crippen molar-refractivity contribution < 1.29 is 4.79 Å². The number of carbonyl (C=O) groups is 1. The van der Waals surface area contributed by atoms with Gasteiger partial charge in [-0.3, -0.25) is 9.69 Å². The fourth-order valence-electron chi connectivity index (χ4n) is 2.79. The van der Waals surface area contributed by atoms with E-state index in [1.165, 1.54) is 0 Å². The molecule has 2 N–H and O–H groups in total. The monoisotopic (exact) mass is 294 g/mol. The molecule has 1 saturated carbocycles. The maximum atomic E-state index is 12.2. The Hall–Kier alpha value is -1.12. The standard InChI is InChI=1S/C16H30N4O/c1-12(2)16(3,11-17)19-15(21)10-20(5)14-8-6-13(18-4)7-9-14/h12-14,18H,6-10H2,1-5H3,(H,19,21). The van der Waals surface area contributed by atoms with Crippen LogP contribution in [0.5, 0.6) is 0 Å². The molecule has 1 aliphatic carbocycles. The van der Waals surface area contributed by atoms with E-state index in [4.69, 9.17) is 0 Å². The fraction of sp³-hybridized carbons (Fsp3) is 0.875. The smallest absolute Gasteiger partial charge is 0.235 e. The van der Waals surface area contributed by atoms with Crippen molar-refractivity contribution in [2.24, 2.45) is 5.92 Å². The molecule has 0 aromatic rings. The van der Waals surface area contributed by atoms with E-state index in [1.807, 2.05) is 27.9 Å². The summed E-state index contributed by atoms with van der Waals surface area (Å²) in [5.41, 5.74) is -0.790. The van der Waals surface area contributed by atoms with Crippen LogP contribution in [0.1, 0.15) is 46.5 Å². The van der Waals surface area contributed by atoms with E-state index in [0.717, 1.165) is 25.7 Å². The second-order valence-corrected chi connectivity index (χ2v) is 6.73. The first-order valence-corrected chi connectivity index (χ1v) is 7.92. The predicted octanol–water partition coefficient (Wildman–Crippen LogP) is 1.50. The summed E-state index contributed by atoms with van der Waals surface area (Å²) < 4.78 is 0. The summed E-state index contributed by atoms with van der Waals surface area (Å²) in [6, 6.07) is 3.30. The number of nitrogens with zero attached hydrogens (tertiary/aromatic N) is 2. The minimum atomic E-state index is -0.790. The highest BCUT2D eigenvalue weighted by atomic mass is 16.2. The van der Waals surface area contributed by atoms with E-state index >= 15 is 0 Å². The topological polar surface area (TPSA) is 68.2 Å². The maximum Gasteiger partial charge on any atom is 0.235 e. The minimum absolute atomic E-state index is 0.0639.